The van der Waals surface area contributed by atoms with Gasteiger partial charge in [-0.2, -0.15) is 0 Å². The lowest BCUT2D eigenvalue weighted by Gasteiger charge is -2.24. The van der Waals surface area contributed by atoms with Crippen molar-refractivity contribution in [3.05, 3.63) is 40.7 Å². The molecule has 0 unspecified atom stereocenters. The number of fused-ring (bicyclic) bond motifs is 1. The highest BCUT2D eigenvalue weighted by Crippen LogP contribution is 2.30. The van der Waals surface area contributed by atoms with Crippen LogP contribution in [-0.4, -0.2) is 34.6 Å². The number of hydrogen-bond donors (Lipinski definition) is 0. The topological polar surface area (TPSA) is 38.1 Å². The molecule has 0 aliphatic carbocycles. The van der Waals surface area contributed by atoms with E-state index in [2.05, 4.69) is 23.9 Å². The fraction of sp³-hybridized carbons (Fsp3) is 0.467. The summed E-state index contributed by atoms with van der Waals surface area (Å²) in [6.07, 6.45) is 2.60. The zero-order valence-corrected chi connectivity index (χ0v) is 11.8. The van der Waals surface area contributed by atoms with Crippen LogP contribution in [0.25, 0.3) is 10.9 Å². The maximum absolute atomic E-state index is 13.1. The van der Waals surface area contributed by atoms with Gasteiger partial charge >= 0.3 is 0 Å². The van der Waals surface area contributed by atoms with Crippen LogP contribution >= 0.6 is 0 Å². The number of benzene rings is 1. The van der Waals surface area contributed by atoms with E-state index in [1.165, 1.54) is 24.5 Å². The van der Waals surface area contributed by atoms with Crippen LogP contribution in [0.5, 0.6) is 0 Å². The molecule has 1 aliphatic heterocycles. The van der Waals surface area contributed by atoms with Crippen molar-refractivity contribution < 1.29 is 4.39 Å². The lowest BCUT2D eigenvalue weighted by Crippen LogP contribution is -2.32. The Bertz CT molecular complexity index is 712. The minimum atomic E-state index is -0.369. The molecule has 1 aromatic heterocycles. The monoisotopic (exact) mass is 275 g/mol. The fourth-order valence-corrected chi connectivity index (χ4v) is 3.05. The van der Waals surface area contributed by atoms with Crippen molar-refractivity contribution in [2.75, 3.05) is 20.1 Å². The van der Waals surface area contributed by atoms with Gasteiger partial charge in [-0.15, -0.1) is 0 Å². The van der Waals surface area contributed by atoms with Crippen molar-refractivity contribution in [3.8, 4) is 0 Å². The Morgan fingerprint density at radius 1 is 1.45 bits per heavy atom. The van der Waals surface area contributed by atoms with Gasteiger partial charge in [-0.25, -0.2) is 9.37 Å². The van der Waals surface area contributed by atoms with E-state index >= 15 is 0 Å². The van der Waals surface area contributed by atoms with Gasteiger partial charge in [-0.3, -0.25) is 9.36 Å². The van der Waals surface area contributed by atoms with Gasteiger partial charge in [0, 0.05) is 19.2 Å². The summed E-state index contributed by atoms with van der Waals surface area (Å²) >= 11 is 0. The molecule has 0 bridgehead atoms. The van der Waals surface area contributed by atoms with E-state index in [-0.39, 0.29) is 16.8 Å². The lowest BCUT2D eigenvalue weighted by molar-refractivity contribution is 0.265. The van der Waals surface area contributed by atoms with Crippen molar-refractivity contribution in [1.82, 2.24) is 14.5 Å². The molecule has 0 spiro atoms. The van der Waals surface area contributed by atoms with Gasteiger partial charge in [0.2, 0.25) is 0 Å². The molecule has 2 aromatic rings. The van der Waals surface area contributed by atoms with E-state index in [1.807, 2.05) is 0 Å². The number of halogens is 1. The molecule has 20 heavy (non-hydrogen) atoms. The van der Waals surface area contributed by atoms with E-state index in [4.69, 9.17) is 0 Å². The van der Waals surface area contributed by atoms with Crippen LogP contribution in [0.1, 0.15) is 13.3 Å². The zero-order valence-electron chi connectivity index (χ0n) is 11.8. The average molecular weight is 275 g/mol. The quantitative estimate of drug-likeness (QED) is 0.840. The predicted molar refractivity (Wildman–Crippen MR) is 76.2 cm³/mol. The summed E-state index contributed by atoms with van der Waals surface area (Å²) < 4.78 is 14.8. The maximum Gasteiger partial charge on any atom is 0.261 e. The molecule has 0 N–H and O–H groups in total. The Hall–Kier alpha value is -1.75. The molecule has 5 heteroatoms. The fourth-order valence-electron chi connectivity index (χ4n) is 3.05. The Morgan fingerprint density at radius 2 is 2.25 bits per heavy atom. The third-order valence-corrected chi connectivity index (χ3v) is 4.09. The molecule has 3 rings (SSSR count). The van der Waals surface area contributed by atoms with E-state index in [0.29, 0.717) is 17.4 Å². The molecular weight excluding hydrogens is 257 g/mol. The van der Waals surface area contributed by atoms with Crippen LogP contribution in [0, 0.1) is 11.2 Å². The van der Waals surface area contributed by atoms with E-state index in [1.54, 1.807) is 4.57 Å². The summed E-state index contributed by atoms with van der Waals surface area (Å²) in [5, 5.41) is 0.476. The highest BCUT2D eigenvalue weighted by Gasteiger charge is 2.32. The van der Waals surface area contributed by atoms with Gasteiger partial charge in [0.05, 0.1) is 17.2 Å². The molecule has 1 atom stereocenters. The minimum absolute atomic E-state index is 0.0912. The summed E-state index contributed by atoms with van der Waals surface area (Å²) in [5.41, 5.74) is 0.416. The number of nitrogens with zero attached hydrogens (tertiary/aromatic N) is 3. The molecule has 1 aliphatic rings. The normalized spacial score (nSPS) is 23.6. The third kappa shape index (κ3) is 2.33. The summed E-state index contributed by atoms with van der Waals surface area (Å²) in [4.78, 5) is 18.9. The largest absolute Gasteiger partial charge is 0.306 e. The molecule has 4 nitrogen and oxygen atoms in total. The third-order valence-electron chi connectivity index (χ3n) is 4.09. The Balaban J connectivity index is 1.99. The van der Waals surface area contributed by atoms with Crippen molar-refractivity contribution in [2.45, 2.75) is 19.9 Å². The molecule has 0 saturated carbocycles. The van der Waals surface area contributed by atoms with Crippen molar-refractivity contribution in [1.29, 1.82) is 0 Å². The Labute approximate surface area is 116 Å². The second kappa shape index (κ2) is 4.66. The Morgan fingerprint density at radius 3 is 2.95 bits per heavy atom. The van der Waals surface area contributed by atoms with Crippen LogP contribution < -0.4 is 5.56 Å². The number of hydrogen-bond acceptors (Lipinski definition) is 3. The second-order valence-corrected chi connectivity index (χ2v) is 6.14. The summed E-state index contributed by atoms with van der Waals surface area (Å²) in [7, 11) is 2.09. The SMILES string of the molecule is CN1CC[C@](C)(Cn2cnc3cc(F)ccc3c2=O)C1. The molecule has 0 radical (unpaired) electrons. The van der Waals surface area contributed by atoms with Crippen LogP contribution in [0.2, 0.25) is 0 Å². The van der Waals surface area contributed by atoms with E-state index < -0.39 is 0 Å². The van der Waals surface area contributed by atoms with Crippen molar-refractivity contribution in [3.63, 3.8) is 0 Å². The standard InChI is InChI=1S/C15H18FN3O/c1-15(5-6-18(2)8-15)9-19-10-17-13-7-11(16)3-4-12(13)14(19)20/h3-4,7,10H,5-6,8-9H2,1-2H3/t15-/m0/s1. The molecule has 1 saturated heterocycles. The number of rotatable bonds is 2. The highest BCUT2D eigenvalue weighted by atomic mass is 19.1. The van der Waals surface area contributed by atoms with Crippen LogP contribution in [0.15, 0.2) is 29.3 Å². The highest BCUT2D eigenvalue weighted by molar-refractivity contribution is 5.77. The van der Waals surface area contributed by atoms with Crippen LogP contribution in [0.3, 0.4) is 0 Å². The van der Waals surface area contributed by atoms with Gasteiger partial charge in [0.15, 0.2) is 0 Å². The van der Waals surface area contributed by atoms with Gasteiger partial charge in [0.25, 0.3) is 5.56 Å². The van der Waals surface area contributed by atoms with Crippen LogP contribution in [-0.2, 0) is 6.54 Å². The minimum Gasteiger partial charge on any atom is -0.306 e. The second-order valence-electron chi connectivity index (χ2n) is 6.14. The van der Waals surface area contributed by atoms with E-state index in [0.717, 1.165) is 19.5 Å². The molecular formula is C15H18FN3O. The smallest absolute Gasteiger partial charge is 0.261 e. The number of likely N-dealkylation sites (tertiary alicyclic amines) is 1. The first-order valence-corrected chi connectivity index (χ1v) is 6.80. The average Bonchev–Trinajstić information content (AvgIpc) is 2.73. The van der Waals surface area contributed by atoms with Crippen molar-refractivity contribution >= 4 is 10.9 Å². The first kappa shape index (κ1) is 13.2. The first-order chi connectivity index (χ1) is 9.47. The number of aromatic nitrogens is 2. The lowest BCUT2D eigenvalue weighted by atomic mass is 9.90. The van der Waals surface area contributed by atoms with Gasteiger partial charge in [-0.1, -0.05) is 6.92 Å². The van der Waals surface area contributed by atoms with Gasteiger partial charge in [0.1, 0.15) is 5.82 Å². The van der Waals surface area contributed by atoms with Crippen molar-refractivity contribution in [2.24, 2.45) is 5.41 Å². The molecule has 0 amide bonds. The first-order valence-electron chi connectivity index (χ1n) is 6.80. The summed E-state index contributed by atoms with van der Waals surface area (Å²) in [6, 6.07) is 4.12. The molecule has 1 fully saturated rings. The van der Waals surface area contributed by atoms with Gasteiger partial charge < -0.3 is 4.90 Å². The summed E-state index contributed by atoms with van der Waals surface area (Å²) in [5.74, 6) is -0.369. The molecule has 1 aromatic carbocycles. The zero-order chi connectivity index (χ0) is 14.3. The molecule has 2 heterocycles. The van der Waals surface area contributed by atoms with Gasteiger partial charge in [-0.05, 0) is 37.6 Å². The maximum atomic E-state index is 13.1. The summed E-state index contributed by atoms with van der Waals surface area (Å²) in [6.45, 7) is 4.87. The Kier molecular flexibility index (Phi) is 3.09. The van der Waals surface area contributed by atoms with E-state index in [9.17, 15) is 9.18 Å². The predicted octanol–water partition coefficient (Wildman–Crippen LogP) is 1.88. The molecule has 106 valence electrons. The van der Waals surface area contributed by atoms with Crippen LogP contribution in [0.4, 0.5) is 4.39 Å².